The van der Waals surface area contributed by atoms with Gasteiger partial charge in [0.05, 0.1) is 41.5 Å². The molecule has 206 valence electrons. The zero-order chi connectivity index (χ0) is 28.8. The van der Waals surface area contributed by atoms with Crippen LogP contribution in [0, 0.1) is 13.8 Å². The van der Waals surface area contributed by atoms with Crippen LogP contribution >= 0.6 is 0 Å². The quantitative estimate of drug-likeness (QED) is 0.241. The van der Waals surface area contributed by atoms with Gasteiger partial charge < -0.3 is 15.0 Å². The van der Waals surface area contributed by atoms with E-state index < -0.39 is 0 Å². The highest BCUT2D eigenvalue weighted by atomic mass is 16.5. The third-order valence-electron chi connectivity index (χ3n) is 7.60. The summed E-state index contributed by atoms with van der Waals surface area (Å²) in [5, 5.41) is 8.51. The summed E-state index contributed by atoms with van der Waals surface area (Å²) >= 11 is 0. The van der Waals surface area contributed by atoms with Gasteiger partial charge in [-0.05, 0) is 67.9 Å². The molecule has 1 unspecified atom stereocenters. The van der Waals surface area contributed by atoms with Gasteiger partial charge in [-0.15, -0.1) is 0 Å². The molecule has 8 nitrogen and oxygen atoms in total. The van der Waals surface area contributed by atoms with Gasteiger partial charge in [0.15, 0.2) is 17.5 Å². The van der Waals surface area contributed by atoms with Crippen molar-refractivity contribution in [2.45, 2.75) is 19.9 Å². The minimum absolute atomic E-state index is 0.289. The van der Waals surface area contributed by atoms with Crippen LogP contribution in [0.3, 0.4) is 0 Å². The summed E-state index contributed by atoms with van der Waals surface area (Å²) in [5.41, 5.74) is 8.11. The van der Waals surface area contributed by atoms with Gasteiger partial charge in [-0.2, -0.15) is 5.10 Å². The van der Waals surface area contributed by atoms with Gasteiger partial charge in [0.2, 0.25) is 0 Å². The van der Waals surface area contributed by atoms with Gasteiger partial charge in [-0.3, -0.25) is 0 Å². The minimum atomic E-state index is -0.374. The van der Waals surface area contributed by atoms with Crippen molar-refractivity contribution in [3.63, 3.8) is 0 Å². The number of fused-ring (bicyclic) bond motifs is 4. The molecule has 1 atom stereocenters. The first kappa shape index (κ1) is 25.5. The largest absolute Gasteiger partial charge is 0.465 e. The van der Waals surface area contributed by atoms with Crippen LogP contribution in [-0.2, 0) is 4.74 Å². The molecule has 0 amide bonds. The molecule has 1 N–H and O–H groups in total. The van der Waals surface area contributed by atoms with E-state index in [1.165, 1.54) is 12.7 Å². The molecule has 2 aliphatic heterocycles. The Balaban J connectivity index is 1.47. The van der Waals surface area contributed by atoms with Crippen molar-refractivity contribution >= 4 is 40.5 Å². The average molecular weight is 553 g/mol. The van der Waals surface area contributed by atoms with Crippen LogP contribution in [0.1, 0.15) is 38.8 Å². The SMILES string of the molecule is COC(=O)c1ccc(C2c3c(C)nn(-c4ccccc4)c3N=C3C(Nc4ccc(C)cc4)=Nc4ccccc4N32)cc1. The number of anilines is 2. The van der Waals surface area contributed by atoms with Crippen LogP contribution < -0.4 is 10.2 Å². The van der Waals surface area contributed by atoms with Crippen molar-refractivity contribution < 1.29 is 9.53 Å². The number of rotatable bonds is 4. The maximum absolute atomic E-state index is 12.3. The summed E-state index contributed by atoms with van der Waals surface area (Å²) in [5.74, 6) is 1.68. The number of nitrogens with one attached hydrogen (secondary N) is 1. The second-order valence-corrected chi connectivity index (χ2v) is 10.3. The molecule has 8 heteroatoms. The second-order valence-electron chi connectivity index (χ2n) is 10.3. The Kier molecular flexibility index (Phi) is 6.16. The van der Waals surface area contributed by atoms with E-state index in [9.17, 15) is 4.79 Å². The number of carbonyl (C=O) groups excluding carboxylic acids is 1. The smallest absolute Gasteiger partial charge is 0.337 e. The number of carbonyl (C=O) groups is 1. The number of esters is 1. The predicted octanol–water partition coefficient (Wildman–Crippen LogP) is 7.07. The lowest BCUT2D eigenvalue weighted by Gasteiger charge is -2.40. The zero-order valence-corrected chi connectivity index (χ0v) is 23.4. The number of aryl methyl sites for hydroxylation is 2. The van der Waals surface area contributed by atoms with Gasteiger partial charge in [0, 0.05) is 11.3 Å². The average Bonchev–Trinajstić information content (AvgIpc) is 3.37. The maximum atomic E-state index is 12.3. The summed E-state index contributed by atoms with van der Waals surface area (Å²) in [6, 6.07) is 33.6. The summed E-state index contributed by atoms with van der Waals surface area (Å²) in [6.45, 7) is 4.08. The third-order valence-corrected chi connectivity index (χ3v) is 7.60. The number of amidine groups is 2. The third kappa shape index (κ3) is 4.25. The highest BCUT2D eigenvalue weighted by Gasteiger charge is 2.41. The van der Waals surface area contributed by atoms with E-state index >= 15 is 0 Å². The highest BCUT2D eigenvalue weighted by Crippen LogP contribution is 2.48. The van der Waals surface area contributed by atoms with Crippen LogP contribution in [0.2, 0.25) is 0 Å². The lowest BCUT2D eigenvalue weighted by atomic mass is 9.92. The van der Waals surface area contributed by atoms with Crippen molar-refractivity contribution in [1.29, 1.82) is 0 Å². The van der Waals surface area contributed by atoms with E-state index in [1.54, 1.807) is 12.1 Å². The fourth-order valence-corrected chi connectivity index (χ4v) is 5.56. The maximum Gasteiger partial charge on any atom is 0.337 e. The molecular weight excluding hydrogens is 524 g/mol. The van der Waals surface area contributed by atoms with Crippen LogP contribution in [0.5, 0.6) is 0 Å². The molecule has 2 aliphatic rings. The number of methoxy groups -OCH3 is 1. The Bertz CT molecular complexity index is 1870. The number of aromatic nitrogens is 2. The summed E-state index contributed by atoms with van der Waals surface area (Å²) in [4.78, 5) is 24.8. The molecule has 0 aliphatic carbocycles. The monoisotopic (exact) mass is 552 g/mol. The standard InChI is InChI=1S/C34H28N6O2/c1-21-13-19-25(20-14-21)35-31-33-37-32-29(22(2)38-40(32)26-9-5-4-6-10-26)30(23-15-17-24(18-16-23)34(41)42-3)39(33)28-12-8-7-11-27(28)36-31/h4-20,30H,1-3H3,(H,35,36). The van der Waals surface area contributed by atoms with E-state index in [-0.39, 0.29) is 12.0 Å². The number of nitrogens with zero attached hydrogens (tertiary/aromatic N) is 5. The van der Waals surface area contributed by atoms with Crippen molar-refractivity contribution in [1.82, 2.24) is 9.78 Å². The molecule has 0 fully saturated rings. The first-order valence-electron chi connectivity index (χ1n) is 13.7. The van der Waals surface area contributed by atoms with E-state index in [0.29, 0.717) is 17.2 Å². The lowest BCUT2D eigenvalue weighted by Crippen LogP contribution is -2.46. The molecule has 5 aromatic rings. The molecule has 3 heterocycles. The Morgan fingerprint density at radius 2 is 1.55 bits per heavy atom. The van der Waals surface area contributed by atoms with Crippen LogP contribution in [0.4, 0.5) is 22.9 Å². The summed E-state index contributed by atoms with van der Waals surface area (Å²) in [7, 11) is 1.39. The van der Waals surface area contributed by atoms with Crippen molar-refractivity contribution in [3.05, 3.63) is 131 Å². The summed E-state index contributed by atoms with van der Waals surface area (Å²) < 4.78 is 6.85. The van der Waals surface area contributed by atoms with E-state index in [1.807, 2.05) is 84.4 Å². The van der Waals surface area contributed by atoms with Gasteiger partial charge >= 0.3 is 5.97 Å². The number of para-hydroxylation sites is 3. The molecule has 42 heavy (non-hydrogen) atoms. The van der Waals surface area contributed by atoms with Gasteiger partial charge in [0.25, 0.3) is 0 Å². The van der Waals surface area contributed by atoms with Crippen LogP contribution in [0.15, 0.2) is 113 Å². The summed E-state index contributed by atoms with van der Waals surface area (Å²) in [6.07, 6.45) is 0. The molecule has 0 saturated carbocycles. The fourth-order valence-electron chi connectivity index (χ4n) is 5.56. The van der Waals surface area contributed by atoms with Gasteiger partial charge in [-0.25, -0.2) is 19.5 Å². The Morgan fingerprint density at radius 1 is 0.833 bits per heavy atom. The molecule has 0 radical (unpaired) electrons. The molecule has 4 aromatic carbocycles. The zero-order valence-electron chi connectivity index (χ0n) is 23.4. The second kappa shape index (κ2) is 10.2. The lowest BCUT2D eigenvalue weighted by molar-refractivity contribution is 0.0600. The molecule has 7 rings (SSSR count). The van der Waals surface area contributed by atoms with Crippen molar-refractivity contribution in [2.75, 3.05) is 17.3 Å². The normalized spacial score (nSPS) is 15.1. The van der Waals surface area contributed by atoms with Crippen molar-refractivity contribution in [2.24, 2.45) is 9.98 Å². The van der Waals surface area contributed by atoms with E-state index in [4.69, 9.17) is 19.8 Å². The predicted molar refractivity (Wildman–Crippen MR) is 166 cm³/mol. The number of ether oxygens (including phenoxy) is 1. The molecule has 0 spiro atoms. The van der Waals surface area contributed by atoms with Gasteiger partial charge in [0.1, 0.15) is 0 Å². The van der Waals surface area contributed by atoms with Gasteiger partial charge in [-0.1, -0.05) is 60.2 Å². The minimum Gasteiger partial charge on any atom is -0.465 e. The van der Waals surface area contributed by atoms with Crippen molar-refractivity contribution in [3.8, 4) is 5.69 Å². The fraction of sp³-hybridized carbons (Fsp3) is 0.118. The molecule has 1 aromatic heterocycles. The van der Waals surface area contributed by atoms with Crippen LogP contribution in [-0.4, -0.2) is 34.5 Å². The Hall–Kier alpha value is -5.50. The molecular formula is C34H28N6O2. The van der Waals surface area contributed by atoms with Crippen LogP contribution in [0.25, 0.3) is 5.69 Å². The number of hydrogen-bond donors (Lipinski definition) is 1. The topological polar surface area (TPSA) is 84.1 Å². The molecule has 0 saturated heterocycles. The Morgan fingerprint density at radius 3 is 2.29 bits per heavy atom. The Labute approximate surface area is 243 Å². The van der Waals surface area contributed by atoms with E-state index in [0.717, 1.165) is 45.4 Å². The first-order valence-corrected chi connectivity index (χ1v) is 13.7. The number of benzene rings is 4. The molecule has 0 bridgehead atoms. The van der Waals surface area contributed by atoms with E-state index in [2.05, 4.69) is 35.3 Å². The number of aliphatic imine (C=N–C) groups is 2. The highest BCUT2D eigenvalue weighted by molar-refractivity contribution is 6.51. The number of hydrogen-bond acceptors (Lipinski definition) is 7. The first-order chi connectivity index (χ1) is 20.5.